The van der Waals surface area contributed by atoms with Crippen molar-refractivity contribution in [2.75, 3.05) is 27.7 Å². The molecule has 2 rings (SSSR count). The van der Waals surface area contributed by atoms with E-state index in [9.17, 15) is 18.0 Å². The molecule has 0 saturated heterocycles. The van der Waals surface area contributed by atoms with Crippen LogP contribution in [0, 0.1) is 0 Å². The van der Waals surface area contributed by atoms with Crippen LogP contribution in [-0.2, 0) is 6.18 Å². The number of rotatable bonds is 6. The second-order valence-electron chi connectivity index (χ2n) is 6.01. The predicted molar refractivity (Wildman–Crippen MR) is 93.2 cm³/mol. The summed E-state index contributed by atoms with van der Waals surface area (Å²) in [6, 6.07) is 11.5. The van der Waals surface area contributed by atoms with Gasteiger partial charge in [-0.25, -0.2) is 0 Å². The van der Waals surface area contributed by atoms with Crippen molar-refractivity contribution in [3.63, 3.8) is 0 Å². The third-order valence-electron chi connectivity index (χ3n) is 4.05. The number of ether oxygens (including phenoxy) is 1. The fraction of sp³-hybridized carbons (Fsp3) is 0.316. The van der Waals surface area contributed by atoms with E-state index in [2.05, 4.69) is 5.32 Å². The summed E-state index contributed by atoms with van der Waals surface area (Å²) in [6.07, 6.45) is -4.42. The van der Waals surface area contributed by atoms with Crippen LogP contribution >= 0.6 is 0 Å². The second-order valence-corrected chi connectivity index (χ2v) is 6.01. The maximum atomic E-state index is 12.6. The van der Waals surface area contributed by atoms with Crippen molar-refractivity contribution in [1.29, 1.82) is 0 Å². The average Bonchev–Trinajstić information content (AvgIpc) is 2.61. The first kappa shape index (κ1) is 19.8. The molecule has 0 aliphatic heterocycles. The van der Waals surface area contributed by atoms with E-state index in [-0.39, 0.29) is 18.2 Å². The number of likely N-dealkylation sites (N-methyl/N-ethyl adjacent to an activating group) is 1. The van der Waals surface area contributed by atoms with Gasteiger partial charge in [0.1, 0.15) is 5.75 Å². The summed E-state index contributed by atoms with van der Waals surface area (Å²) in [5.74, 6) is 0.274. The first-order valence-corrected chi connectivity index (χ1v) is 7.99. The van der Waals surface area contributed by atoms with Crippen LogP contribution in [0.1, 0.15) is 27.5 Å². The Hall–Kier alpha value is -2.54. The van der Waals surface area contributed by atoms with E-state index in [1.165, 1.54) is 12.1 Å². The Bertz CT molecular complexity index is 743. The Morgan fingerprint density at radius 1 is 1.12 bits per heavy atom. The van der Waals surface area contributed by atoms with Crippen molar-refractivity contribution >= 4 is 5.91 Å². The maximum Gasteiger partial charge on any atom is 0.416 e. The molecule has 7 heteroatoms. The molecule has 0 aliphatic rings. The van der Waals surface area contributed by atoms with Crippen molar-refractivity contribution in [2.45, 2.75) is 12.2 Å². The Balaban J connectivity index is 2.10. The number of halogens is 3. The molecule has 0 aliphatic carbocycles. The molecule has 2 aromatic rings. The summed E-state index contributed by atoms with van der Waals surface area (Å²) in [5, 5.41) is 2.77. The highest BCUT2D eigenvalue weighted by Crippen LogP contribution is 2.29. The quantitative estimate of drug-likeness (QED) is 0.847. The molecule has 0 heterocycles. The van der Waals surface area contributed by atoms with Crippen LogP contribution in [0.3, 0.4) is 0 Å². The van der Waals surface area contributed by atoms with Crippen molar-refractivity contribution in [1.82, 2.24) is 10.2 Å². The zero-order valence-electron chi connectivity index (χ0n) is 14.8. The summed E-state index contributed by atoms with van der Waals surface area (Å²) in [4.78, 5) is 14.2. The molecule has 1 amide bonds. The number of hydrogen-bond donors (Lipinski definition) is 1. The molecule has 4 nitrogen and oxygen atoms in total. The van der Waals surface area contributed by atoms with Gasteiger partial charge in [-0.3, -0.25) is 4.79 Å². The third-order valence-corrected chi connectivity index (χ3v) is 4.05. The number of carbonyl (C=O) groups is 1. The van der Waals surface area contributed by atoms with Gasteiger partial charge in [0.2, 0.25) is 0 Å². The van der Waals surface area contributed by atoms with Crippen molar-refractivity contribution < 1.29 is 22.7 Å². The molecule has 0 radical (unpaired) electrons. The smallest absolute Gasteiger partial charge is 0.416 e. The van der Waals surface area contributed by atoms with Gasteiger partial charge in [-0.1, -0.05) is 18.2 Å². The lowest BCUT2D eigenvalue weighted by Crippen LogP contribution is -2.34. The van der Waals surface area contributed by atoms with Crippen LogP contribution in [0.25, 0.3) is 0 Å². The minimum Gasteiger partial charge on any atom is -0.496 e. The van der Waals surface area contributed by atoms with Gasteiger partial charge in [-0.15, -0.1) is 0 Å². The highest BCUT2D eigenvalue weighted by molar-refractivity contribution is 5.94. The Labute approximate surface area is 150 Å². The molecular weight excluding hydrogens is 345 g/mol. The molecule has 1 atom stereocenters. The minimum absolute atomic E-state index is 0.149. The van der Waals surface area contributed by atoms with Crippen LogP contribution in [0.5, 0.6) is 5.75 Å². The number of amides is 1. The first-order chi connectivity index (χ1) is 12.2. The monoisotopic (exact) mass is 366 g/mol. The largest absolute Gasteiger partial charge is 0.496 e. The fourth-order valence-corrected chi connectivity index (χ4v) is 2.61. The summed E-state index contributed by atoms with van der Waals surface area (Å²) < 4.78 is 43.2. The highest BCUT2D eigenvalue weighted by Gasteiger charge is 2.30. The van der Waals surface area contributed by atoms with Crippen LogP contribution < -0.4 is 10.1 Å². The SMILES string of the molecule is COc1ccccc1[C@@H](CNC(=O)c1ccc(C(F)(F)F)cc1)N(C)C. The standard InChI is InChI=1S/C19H21F3N2O2/c1-24(2)16(15-6-4-5-7-17(15)26-3)12-23-18(25)13-8-10-14(11-9-13)19(20,21)22/h4-11,16H,12H2,1-3H3,(H,23,25)/t16-/m1/s1. The molecule has 1 N–H and O–H groups in total. The summed E-state index contributed by atoms with van der Waals surface area (Å²) in [6.45, 7) is 0.285. The third kappa shape index (κ3) is 4.76. The number of methoxy groups -OCH3 is 1. The van der Waals surface area contributed by atoms with Crippen LogP contribution in [0.15, 0.2) is 48.5 Å². The number of para-hydroxylation sites is 1. The lowest BCUT2D eigenvalue weighted by molar-refractivity contribution is -0.137. The van der Waals surface area contributed by atoms with Gasteiger partial charge in [0.05, 0.1) is 18.7 Å². The number of nitrogens with zero attached hydrogens (tertiary/aromatic N) is 1. The van der Waals surface area contributed by atoms with Crippen molar-refractivity contribution in [3.05, 3.63) is 65.2 Å². The molecule has 0 unspecified atom stereocenters. The summed E-state index contributed by atoms with van der Waals surface area (Å²) in [7, 11) is 5.33. The summed E-state index contributed by atoms with van der Waals surface area (Å²) >= 11 is 0. The van der Waals surface area contributed by atoms with E-state index in [1.54, 1.807) is 7.11 Å². The normalized spacial score (nSPS) is 12.7. The lowest BCUT2D eigenvalue weighted by atomic mass is 10.0. The topological polar surface area (TPSA) is 41.6 Å². The molecule has 0 spiro atoms. The lowest BCUT2D eigenvalue weighted by Gasteiger charge is -2.26. The first-order valence-electron chi connectivity index (χ1n) is 7.99. The van der Waals surface area contributed by atoms with E-state index in [4.69, 9.17) is 4.74 Å². The molecule has 2 aromatic carbocycles. The fourth-order valence-electron chi connectivity index (χ4n) is 2.61. The van der Waals surface area contributed by atoms with Crippen molar-refractivity contribution in [3.8, 4) is 5.75 Å². The molecule has 140 valence electrons. The number of carbonyl (C=O) groups excluding carboxylic acids is 1. The molecule has 0 saturated carbocycles. The molecular formula is C19H21F3N2O2. The molecule has 0 fully saturated rings. The van der Waals surface area contributed by atoms with Gasteiger partial charge < -0.3 is 15.0 Å². The van der Waals surface area contributed by atoms with Gasteiger partial charge in [0.15, 0.2) is 0 Å². The van der Waals surface area contributed by atoms with Gasteiger partial charge in [0, 0.05) is 17.7 Å². The van der Waals surface area contributed by atoms with E-state index in [0.29, 0.717) is 5.75 Å². The van der Waals surface area contributed by atoms with E-state index < -0.39 is 17.6 Å². The number of nitrogens with one attached hydrogen (secondary N) is 1. The zero-order valence-corrected chi connectivity index (χ0v) is 14.8. The Morgan fingerprint density at radius 2 is 1.73 bits per heavy atom. The maximum absolute atomic E-state index is 12.6. The van der Waals surface area contributed by atoms with Gasteiger partial charge >= 0.3 is 6.18 Å². The van der Waals surface area contributed by atoms with E-state index in [1.807, 2.05) is 43.3 Å². The van der Waals surface area contributed by atoms with E-state index >= 15 is 0 Å². The minimum atomic E-state index is -4.42. The van der Waals surface area contributed by atoms with Crippen LogP contribution in [0.2, 0.25) is 0 Å². The average molecular weight is 366 g/mol. The highest BCUT2D eigenvalue weighted by atomic mass is 19.4. The zero-order chi connectivity index (χ0) is 19.3. The van der Waals surface area contributed by atoms with Gasteiger partial charge in [-0.2, -0.15) is 13.2 Å². The van der Waals surface area contributed by atoms with Gasteiger partial charge in [0.25, 0.3) is 5.91 Å². The number of benzene rings is 2. The molecule has 0 aromatic heterocycles. The summed E-state index contributed by atoms with van der Waals surface area (Å²) in [5.41, 5.74) is 0.303. The van der Waals surface area contributed by atoms with Gasteiger partial charge in [-0.05, 0) is 44.4 Å². The Kier molecular flexibility index (Phi) is 6.26. The predicted octanol–water partition coefficient (Wildman–Crippen LogP) is 3.75. The molecule has 26 heavy (non-hydrogen) atoms. The second kappa shape index (κ2) is 8.23. The Morgan fingerprint density at radius 3 is 2.27 bits per heavy atom. The molecule has 0 bridgehead atoms. The van der Waals surface area contributed by atoms with Crippen molar-refractivity contribution in [2.24, 2.45) is 0 Å². The number of alkyl halides is 3. The number of hydrogen-bond acceptors (Lipinski definition) is 3. The van der Waals surface area contributed by atoms with Crippen LogP contribution in [-0.4, -0.2) is 38.6 Å². The van der Waals surface area contributed by atoms with E-state index in [0.717, 1.165) is 17.7 Å². The van der Waals surface area contributed by atoms with Crippen LogP contribution in [0.4, 0.5) is 13.2 Å².